The summed E-state index contributed by atoms with van der Waals surface area (Å²) < 4.78 is 17.8. The molecule has 7 aromatic carbocycles. The van der Waals surface area contributed by atoms with Gasteiger partial charge in [0.05, 0.1) is 44.3 Å². The number of phenols is 2. The first-order chi connectivity index (χ1) is 25.2. The predicted octanol–water partition coefficient (Wildman–Crippen LogP) is 8.11. The number of allylic oxidation sites excluding steroid dienone is 1. The summed E-state index contributed by atoms with van der Waals surface area (Å²) in [7, 11) is 4.40. The molecule has 0 saturated carbocycles. The smallest absolute Gasteiger partial charge is 0.194 e. The molecule has 0 heterocycles. The third-order valence-electron chi connectivity index (χ3n) is 10.3. The number of benzene rings is 7. The topological polar surface area (TPSA) is 127 Å². The maximum atomic E-state index is 14.1. The van der Waals surface area contributed by atoms with Gasteiger partial charge >= 0.3 is 0 Å². The minimum Gasteiger partial charge on any atom is -0.505 e. The van der Waals surface area contributed by atoms with Gasteiger partial charge in [0.1, 0.15) is 11.5 Å². The van der Waals surface area contributed by atoms with E-state index < -0.39 is 16.8 Å². The molecular weight excluding hydrogens is 656 g/mol. The first kappa shape index (κ1) is 32.8. The van der Waals surface area contributed by atoms with Gasteiger partial charge in [-0.05, 0) is 30.4 Å². The number of anilines is 1. The monoisotopic (exact) mass is 692 g/mol. The Hall–Kier alpha value is -6.35. The van der Waals surface area contributed by atoms with Crippen LogP contribution in [-0.4, -0.2) is 37.3 Å². The molecule has 1 unspecified atom stereocenters. The highest BCUT2D eigenvalue weighted by Crippen LogP contribution is 2.58. The molecule has 3 N–H and O–H groups in total. The molecule has 0 spiro atoms. The average molecular weight is 693 g/mol. The maximum Gasteiger partial charge on any atom is 0.194 e. The van der Waals surface area contributed by atoms with Crippen molar-refractivity contribution < 1.29 is 24.4 Å². The number of rotatable bonds is 9. The van der Waals surface area contributed by atoms with Gasteiger partial charge < -0.3 is 29.7 Å². The second-order valence-electron chi connectivity index (χ2n) is 13.2. The summed E-state index contributed by atoms with van der Waals surface area (Å²) in [6, 6.07) is 22.3. The molecular formula is C43H36N2O7. The van der Waals surface area contributed by atoms with Crippen molar-refractivity contribution in [1.82, 2.24) is 0 Å². The van der Waals surface area contributed by atoms with E-state index in [2.05, 4.69) is 5.32 Å². The number of fused-ring (bicyclic) bond motifs is 1. The quantitative estimate of drug-likeness (QED) is 0.0600. The van der Waals surface area contributed by atoms with Gasteiger partial charge in [0, 0.05) is 68.4 Å². The molecule has 0 aliphatic heterocycles. The van der Waals surface area contributed by atoms with Gasteiger partial charge in [-0.2, -0.15) is 0 Å². The summed E-state index contributed by atoms with van der Waals surface area (Å²) >= 11 is 0. The molecule has 0 saturated heterocycles. The van der Waals surface area contributed by atoms with Crippen LogP contribution in [0.1, 0.15) is 42.0 Å². The van der Waals surface area contributed by atoms with Crippen molar-refractivity contribution in [1.29, 1.82) is 0 Å². The molecule has 0 fully saturated rings. The van der Waals surface area contributed by atoms with Gasteiger partial charge in [-0.15, -0.1) is 0 Å². The zero-order valence-electron chi connectivity index (χ0n) is 29.4. The lowest BCUT2D eigenvalue weighted by Crippen LogP contribution is -2.15. The Kier molecular flexibility index (Phi) is 7.86. The highest BCUT2D eigenvalue weighted by atomic mass is 16.5. The van der Waals surface area contributed by atoms with E-state index in [1.165, 1.54) is 33.5 Å². The fraction of sp³-hybridized carbons (Fsp3) is 0.186. The molecule has 1 aliphatic carbocycles. The number of hydrogen-bond acceptors (Lipinski definition) is 9. The second-order valence-corrected chi connectivity index (χ2v) is 13.2. The van der Waals surface area contributed by atoms with Crippen LogP contribution < -0.4 is 30.4 Å². The van der Waals surface area contributed by atoms with Gasteiger partial charge in [0.15, 0.2) is 28.1 Å². The minimum absolute atomic E-state index is 0.0495. The van der Waals surface area contributed by atoms with Crippen molar-refractivity contribution >= 4 is 60.6 Å². The van der Waals surface area contributed by atoms with Gasteiger partial charge in [-0.25, -0.2) is 0 Å². The Morgan fingerprint density at radius 1 is 0.712 bits per heavy atom. The number of nitrogens with zero attached hydrogens (tertiary/aromatic N) is 1. The molecule has 1 aliphatic rings. The van der Waals surface area contributed by atoms with E-state index >= 15 is 0 Å². The molecule has 52 heavy (non-hydrogen) atoms. The summed E-state index contributed by atoms with van der Waals surface area (Å²) in [6.45, 7) is 4.69. The third kappa shape index (κ3) is 4.72. The van der Waals surface area contributed by atoms with Crippen molar-refractivity contribution in [2.75, 3.05) is 26.6 Å². The molecule has 0 amide bonds. The Morgan fingerprint density at radius 2 is 1.27 bits per heavy atom. The predicted molar refractivity (Wildman–Crippen MR) is 208 cm³/mol. The highest BCUT2D eigenvalue weighted by Gasteiger charge is 2.37. The standard InChI is InChI=1S/C43H36N2O7/c1-21-16-25-31-36-32(41(48)40(25)45-20-24-14-10-7-11-15-24)26(46)17-28(50-3)34(36)35-29(51-4)18-27(47)33-38(35)37(31)39(43(52-5)42(33)49)30(21)22(2)44-19-23-12-8-6-9-13-23/h6-18,30,45,48-49H,19-20H2,1-5H3. The number of phenolic OH excluding ortho intramolecular Hbond substituents is 2. The van der Waals surface area contributed by atoms with Crippen LogP contribution in [0, 0.1) is 0 Å². The molecule has 260 valence electrons. The van der Waals surface area contributed by atoms with Crippen LogP contribution >= 0.6 is 0 Å². The summed E-state index contributed by atoms with van der Waals surface area (Å²) in [4.78, 5) is 33.2. The molecule has 0 aromatic heterocycles. The Bertz CT molecular complexity index is 2740. The Labute approximate surface area is 298 Å². The summed E-state index contributed by atoms with van der Waals surface area (Å²) in [5.41, 5.74) is 4.24. The van der Waals surface area contributed by atoms with Crippen molar-refractivity contribution in [3.8, 4) is 28.7 Å². The Morgan fingerprint density at radius 3 is 1.85 bits per heavy atom. The molecule has 7 aromatic rings. The second kappa shape index (κ2) is 12.5. The highest BCUT2D eigenvalue weighted by molar-refractivity contribution is 6.40. The number of methoxy groups -OCH3 is 3. The van der Waals surface area contributed by atoms with Gasteiger partial charge in [-0.1, -0.05) is 72.3 Å². The van der Waals surface area contributed by atoms with Gasteiger partial charge in [-0.3, -0.25) is 14.6 Å². The van der Waals surface area contributed by atoms with E-state index in [-0.39, 0.29) is 39.5 Å². The van der Waals surface area contributed by atoms with E-state index in [4.69, 9.17) is 19.2 Å². The number of ether oxygens (including phenoxy) is 3. The van der Waals surface area contributed by atoms with E-state index in [0.29, 0.717) is 62.2 Å². The molecule has 9 nitrogen and oxygen atoms in total. The van der Waals surface area contributed by atoms with Gasteiger partial charge in [0.2, 0.25) is 0 Å². The van der Waals surface area contributed by atoms with Crippen molar-refractivity contribution in [3.63, 3.8) is 0 Å². The van der Waals surface area contributed by atoms with Gasteiger partial charge in [0.25, 0.3) is 0 Å². The number of aliphatic imine (C=N–C) groups is 1. The van der Waals surface area contributed by atoms with Crippen LogP contribution in [-0.2, 0) is 13.1 Å². The SMILES string of the molecule is COc1c(O)c2c(=O)cc(OC)c3c4c(OC)cc(=O)c5c(O)c(NCc6ccccc6)c6c(c(c1C(C(C)=NCc1ccccc1)C(C)=C6)c23)c54. The lowest BCUT2D eigenvalue weighted by molar-refractivity contribution is 0.373. The summed E-state index contributed by atoms with van der Waals surface area (Å²) in [6.07, 6.45) is 1.99. The van der Waals surface area contributed by atoms with Crippen LogP contribution in [0.2, 0.25) is 0 Å². The molecule has 8 rings (SSSR count). The molecule has 0 bridgehead atoms. The van der Waals surface area contributed by atoms with Crippen molar-refractivity contribution in [2.24, 2.45) is 4.99 Å². The normalized spacial score (nSPS) is 14.4. The third-order valence-corrected chi connectivity index (χ3v) is 10.3. The lowest BCUT2D eigenvalue weighted by atomic mass is 9.80. The maximum absolute atomic E-state index is 14.1. The van der Waals surface area contributed by atoms with Crippen LogP contribution in [0.25, 0.3) is 49.2 Å². The van der Waals surface area contributed by atoms with E-state index in [1.54, 1.807) is 0 Å². The van der Waals surface area contributed by atoms with Crippen molar-refractivity contribution in [3.05, 3.63) is 121 Å². The molecule has 1 atom stereocenters. The number of hydrogen-bond donors (Lipinski definition) is 3. The van der Waals surface area contributed by atoms with Crippen LogP contribution in [0.5, 0.6) is 28.7 Å². The number of nitrogens with one attached hydrogen (secondary N) is 1. The summed E-state index contributed by atoms with van der Waals surface area (Å²) in [5, 5.41) is 30.8. The first-order valence-corrected chi connectivity index (χ1v) is 17.0. The largest absolute Gasteiger partial charge is 0.505 e. The first-order valence-electron chi connectivity index (χ1n) is 17.0. The molecule has 0 radical (unpaired) electrons. The lowest BCUT2D eigenvalue weighted by Gasteiger charge is -2.26. The van der Waals surface area contributed by atoms with Crippen molar-refractivity contribution in [2.45, 2.75) is 32.9 Å². The molecule has 9 heteroatoms. The minimum atomic E-state index is -0.538. The van der Waals surface area contributed by atoms with E-state index in [9.17, 15) is 19.8 Å². The average Bonchev–Trinajstić information content (AvgIpc) is 3.28. The number of aromatic hydroxyl groups is 2. The zero-order valence-corrected chi connectivity index (χ0v) is 29.4. The fourth-order valence-electron chi connectivity index (χ4n) is 8.14. The van der Waals surface area contributed by atoms with Crippen LogP contribution in [0.3, 0.4) is 0 Å². The zero-order chi connectivity index (χ0) is 36.4. The van der Waals surface area contributed by atoms with E-state index in [0.717, 1.165) is 22.4 Å². The Balaban J connectivity index is 1.62. The fourth-order valence-corrected chi connectivity index (χ4v) is 8.14. The van der Waals surface area contributed by atoms with Crippen LogP contribution in [0.4, 0.5) is 5.69 Å². The van der Waals surface area contributed by atoms with Crippen LogP contribution in [0.15, 0.2) is 93.0 Å². The van der Waals surface area contributed by atoms with E-state index in [1.807, 2.05) is 80.6 Å². The summed E-state index contributed by atoms with van der Waals surface area (Å²) in [5.74, 6) is -0.440.